The Labute approximate surface area is 216 Å². The first-order valence-electron chi connectivity index (χ1n) is 12.2. The summed E-state index contributed by atoms with van der Waals surface area (Å²) in [6.07, 6.45) is 4.49. The van der Waals surface area contributed by atoms with Gasteiger partial charge < -0.3 is 9.64 Å². The van der Waals surface area contributed by atoms with E-state index in [-0.39, 0.29) is 30.2 Å². The van der Waals surface area contributed by atoms with E-state index >= 15 is 0 Å². The molecule has 2 aromatic carbocycles. The SMILES string of the molecule is Cl.O=c1[nH]c(=O)n(CCCN2CCC(OC(c3ccccc3)c3ccccc3)CC2)c2ncccc12. The second kappa shape index (κ2) is 12.1. The largest absolute Gasteiger partial charge is 0.365 e. The molecule has 0 spiro atoms. The fourth-order valence-electron chi connectivity index (χ4n) is 4.84. The van der Waals surface area contributed by atoms with Crippen molar-refractivity contribution in [1.82, 2.24) is 19.4 Å². The number of rotatable bonds is 8. The molecule has 1 N–H and O–H groups in total. The van der Waals surface area contributed by atoms with E-state index in [2.05, 4.69) is 63.4 Å². The van der Waals surface area contributed by atoms with Crippen LogP contribution in [0.5, 0.6) is 0 Å². The maximum absolute atomic E-state index is 12.4. The van der Waals surface area contributed by atoms with Gasteiger partial charge in [-0.25, -0.2) is 9.78 Å². The average Bonchev–Trinajstić information content (AvgIpc) is 2.91. The summed E-state index contributed by atoms with van der Waals surface area (Å²) < 4.78 is 8.21. The van der Waals surface area contributed by atoms with E-state index in [1.54, 1.807) is 22.9 Å². The van der Waals surface area contributed by atoms with E-state index in [4.69, 9.17) is 4.74 Å². The fraction of sp³-hybridized carbons (Fsp3) is 0.321. The predicted molar refractivity (Wildman–Crippen MR) is 144 cm³/mol. The molecule has 36 heavy (non-hydrogen) atoms. The summed E-state index contributed by atoms with van der Waals surface area (Å²) in [5, 5.41) is 0.441. The van der Waals surface area contributed by atoms with Gasteiger partial charge in [0.1, 0.15) is 11.8 Å². The number of aromatic nitrogens is 3. The van der Waals surface area contributed by atoms with Crippen LogP contribution < -0.4 is 11.2 Å². The Morgan fingerprint density at radius 3 is 2.17 bits per heavy atom. The van der Waals surface area contributed by atoms with E-state index in [0.29, 0.717) is 17.6 Å². The van der Waals surface area contributed by atoms with Crippen LogP contribution in [0.1, 0.15) is 36.5 Å². The zero-order chi connectivity index (χ0) is 24.0. The Bertz CT molecular complexity index is 1330. The normalized spacial score (nSPS) is 14.7. The monoisotopic (exact) mass is 506 g/mol. The summed E-state index contributed by atoms with van der Waals surface area (Å²) in [6, 6.07) is 24.2. The lowest BCUT2D eigenvalue weighted by Crippen LogP contribution is -2.39. The minimum atomic E-state index is -0.402. The van der Waals surface area contributed by atoms with Crippen LogP contribution in [0.25, 0.3) is 11.0 Å². The van der Waals surface area contributed by atoms with Gasteiger partial charge in [0.15, 0.2) is 0 Å². The zero-order valence-corrected chi connectivity index (χ0v) is 20.9. The first-order chi connectivity index (χ1) is 17.2. The summed E-state index contributed by atoms with van der Waals surface area (Å²) >= 11 is 0. The number of ether oxygens (including phenoxy) is 1. The molecule has 1 aliphatic rings. The van der Waals surface area contributed by atoms with E-state index in [1.807, 2.05) is 12.1 Å². The van der Waals surface area contributed by atoms with Gasteiger partial charge in [-0.3, -0.25) is 14.3 Å². The maximum Gasteiger partial charge on any atom is 0.329 e. The number of fused-ring (bicyclic) bond motifs is 1. The molecule has 4 aromatic rings. The Kier molecular flexibility index (Phi) is 8.70. The summed E-state index contributed by atoms with van der Waals surface area (Å²) in [6.45, 7) is 3.32. The van der Waals surface area contributed by atoms with Gasteiger partial charge in [0.25, 0.3) is 5.56 Å². The molecule has 1 fully saturated rings. The minimum absolute atomic E-state index is 0. The number of piperidine rings is 1. The van der Waals surface area contributed by atoms with Gasteiger partial charge in [0.2, 0.25) is 0 Å². The molecule has 1 saturated heterocycles. The number of hydrogen-bond acceptors (Lipinski definition) is 5. The third-order valence-electron chi connectivity index (χ3n) is 6.68. The van der Waals surface area contributed by atoms with Crippen molar-refractivity contribution in [2.24, 2.45) is 0 Å². The van der Waals surface area contributed by atoms with Crippen molar-refractivity contribution in [3.63, 3.8) is 0 Å². The molecule has 3 heterocycles. The molecule has 0 saturated carbocycles. The number of H-pyrrole nitrogens is 1. The second-order valence-corrected chi connectivity index (χ2v) is 9.02. The van der Waals surface area contributed by atoms with Crippen molar-refractivity contribution < 1.29 is 4.74 Å². The number of hydrogen-bond donors (Lipinski definition) is 1. The molecule has 0 bridgehead atoms. The number of pyridine rings is 1. The summed E-state index contributed by atoms with van der Waals surface area (Å²) in [4.78, 5) is 33.5. The van der Waals surface area contributed by atoms with E-state index in [0.717, 1.165) is 38.9 Å². The van der Waals surface area contributed by atoms with Gasteiger partial charge in [-0.2, -0.15) is 0 Å². The molecule has 0 unspecified atom stereocenters. The van der Waals surface area contributed by atoms with Gasteiger partial charge in [0.05, 0.1) is 11.5 Å². The smallest absolute Gasteiger partial charge is 0.329 e. The van der Waals surface area contributed by atoms with Crippen molar-refractivity contribution >= 4 is 23.4 Å². The fourth-order valence-corrected chi connectivity index (χ4v) is 4.84. The first kappa shape index (κ1) is 25.8. The molecule has 0 aliphatic carbocycles. The number of nitrogens with zero attached hydrogens (tertiary/aromatic N) is 3. The van der Waals surface area contributed by atoms with Crippen LogP contribution in [-0.2, 0) is 11.3 Å². The number of benzene rings is 2. The molecule has 2 aromatic heterocycles. The van der Waals surface area contributed by atoms with Crippen LogP contribution in [0.3, 0.4) is 0 Å². The number of likely N-dealkylation sites (tertiary alicyclic amines) is 1. The Morgan fingerprint density at radius 2 is 1.53 bits per heavy atom. The maximum atomic E-state index is 12.4. The van der Waals surface area contributed by atoms with E-state index in [9.17, 15) is 9.59 Å². The average molecular weight is 507 g/mol. The molecule has 0 amide bonds. The highest BCUT2D eigenvalue weighted by Crippen LogP contribution is 2.30. The third-order valence-corrected chi connectivity index (χ3v) is 6.68. The topological polar surface area (TPSA) is 80.2 Å². The van der Waals surface area contributed by atoms with Crippen molar-refractivity contribution in [3.8, 4) is 0 Å². The van der Waals surface area contributed by atoms with Gasteiger partial charge >= 0.3 is 5.69 Å². The van der Waals surface area contributed by atoms with E-state index < -0.39 is 5.69 Å². The van der Waals surface area contributed by atoms with Crippen molar-refractivity contribution in [1.29, 1.82) is 0 Å². The minimum Gasteiger partial charge on any atom is -0.365 e. The van der Waals surface area contributed by atoms with Gasteiger partial charge in [-0.15, -0.1) is 12.4 Å². The predicted octanol–water partition coefficient (Wildman–Crippen LogP) is 4.17. The zero-order valence-electron chi connectivity index (χ0n) is 20.1. The summed E-state index contributed by atoms with van der Waals surface area (Å²) in [7, 11) is 0. The molecule has 5 rings (SSSR count). The molecule has 7 nitrogen and oxygen atoms in total. The van der Waals surface area contributed by atoms with Gasteiger partial charge in [0, 0.05) is 25.8 Å². The lowest BCUT2D eigenvalue weighted by molar-refractivity contribution is -0.0271. The third kappa shape index (κ3) is 5.93. The Morgan fingerprint density at radius 1 is 0.889 bits per heavy atom. The van der Waals surface area contributed by atoms with Crippen LogP contribution in [0.15, 0.2) is 88.6 Å². The Hall–Kier alpha value is -3.26. The molecule has 0 atom stereocenters. The highest BCUT2D eigenvalue weighted by molar-refractivity contribution is 5.85. The van der Waals surface area contributed by atoms with E-state index in [1.165, 1.54) is 11.1 Å². The van der Waals surface area contributed by atoms with Crippen LogP contribution in [0.2, 0.25) is 0 Å². The molecular formula is C28H31ClN4O3. The number of halogens is 1. The lowest BCUT2D eigenvalue weighted by atomic mass is 10.00. The van der Waals surface area contributed by atoms with Crippen LogP contribution in [0, 0.1) is 0 Å². The first-order valence-corrected chi connectivity index (χ1v) is 12.2. The summed E-state index contributed by atoms with van der Waals surface area (Å²) in [5.41, 5.74) is 2.00. The molecule has 0 radical (unpaired) electrons. The number of aryl methyl sites for hydroxylation is 1. The highest BCUT2D eigenvalue weighted by Gasteiger charge is 2.24. The van der Waals surface area contributed by atoms with Crippen molar-refractivity contribution in [3.05, 3.63) is 111 Å². The van der Waals surface area contributed by atoms with Crippen LogP contribution in [0.4, 0.5) is 0 Å². The van der Waals surface area contributed by atoms with Gasteiger partial charge in [-0.05, 0) is 49.1 Å². The number of aromatic amines is 1. The van der Waals surface area contributed by atoms with Crippen molar-refractivity contribution in [2.75, 3.05) is 19.6 Å². The van der Waals surface area contributed by atoms with Gasteiger partial charge in [-0.1, -0.05) is 60.7 Å². The summed E-state index contributed by atoms with van der Waals surface area (Å²) in [5.74, 6) is 0. The Balaban J connectivity index is 0.00000304. The quantitative estimate of drug-likeness (QED) is 0.388. The molecular weight excluding hydrogens is 476 g/mol. The molecule has 1 aliphatic heterocycles. The molecule has 8 heteroatoms. The van der Waals surface area contributed by atoms with Crippen LogP contribution >= 0.6 is 12.4 Å². The lowest BCUT2D eigenvalue weighted by Gasteiger charge is -2.34. The number of nitrogens with one attached hydrogen (secondary N) is 1. The van der Waals surface area contributed by atoms with Crippen LogP contribution in [-0.4, -0.2) is 45.2 Å². The highest BCUT2D eigenvalue weighted by atomic mass is 35.5. The standard InChI is InChI=1S/C28H30N4O3.ClH/c33-27-24-13-7-16-29-26(24)32(28(34)30-27)18-8-17-31-19-14-23(15-20-31)35-25(21-9-3-1-4-10-21)22-11-5-2-6-12-22;/h1-7,9-13,16,23,25H,8,14-15,17-20H2,(H,30,33,34);1H. The van der Waals surface area contributed by atoms with Crippen molar-refractivity contribution in [2.45, 2.75) is 38.0 Å². The second-order valence-electron chi connectivity index (χ2n) is 9.02. The molecule has 188 valence electrons.